The molecule has 0 saturated carbocycles. The molecule has 1 aliphatic heterocycles. The molecule has 4 nitrogen and oxygen atoms in total. The Hall–Kier alpha value is -1.26. The first kappa shape index (κ1) is 12.2. The van der Waals surface area contributed by atoms with Crippen LogP contribution in [0.4, 0.5) is 0 Å². The lowest BCUT2D eigenvalue weighted by molar-refractivity contribution is -0.0530. The van der Waals surface area contributed by atoms with Crippen LogP contribution in [0.5, 0.6) is 11.5 Å². The number of aliphatic hydroxyl groups excluding tert-OH is 1. The molecule has 17 heavy (non-hydrogen) atoms. The van der Waals surface area contributed by atoms with Crippen molar-refractivity contribution in [2.24, 2.45) is 5.92 Å². The van der Waals surface area contributed by atoms with Gasteiger partial charge in [-0.3, -0.25) is 0 Å². The molecule has 1 atom stereocenters. The molecule has 1 aromatic carbocycles. The van der Waals surface area contributed by atoms with Gasteiger partial charge in [0, 0.05) is 23.5 Å². The Bertz CT molecular complexity index is 374. The molecule has 1 heterocycles. The Morgan fingerprint density at radius 3 is 2.59 bits per heavy atom. The maximum absolute atomic E-state index is 9.52. The van der Waals surface area contributed by atoms with E-state index < -0.39 is 0 Å². The number of hydrogen-bond donors (Lipinski definition) is 1. The second-order valence-corrected chi connectivity index (χ2v) is 4.19. The summed E-state index contributed by atoms with van der Waals surface area (Å²) in [5.74, 6) is 1.97. The lowest BCUT2D eigenvalue weighted by Gasteiger charge is -2.33. The molecule has 4 heteroatoms. The molecular formula is C13H18O4. The third-order valence-electron chi connectivity index (χ3n) is 3.27. The van der Waals surface area contributed by atoms with Gasteiger partial charge in [-0.05, 0) is 6.07 Å². The highest BCUT2D eigenvalue weighted by Gasteiger charge is 2.31. The summed E-state index contributed by atoms with van der Waals surface area (Å²) in [4.78, 5) is 0. The molecule has 0 aromatic heterocycles. The normalized spacial score (nSPS) is 17.4. The van der Waals surface area contributed by atoms with Crippen molar-refractivity contribution in [2.75, 3.05) is 34.0 Å². The Kier molecular flexibility index (Phi) is 3.86. The van der Waals surface area contributed by atoms with Gasteiger partial charge in [0.1, 0.15) is 11.5 Å². The highest BCUT2D eigenvalue weighted by Crippen LogP contribution is 2.37. The van der Waals surface area contributed by atoms with Gasteiger partial charge < -0.3 is 19.3 Å². The summed E-state index contributed by atoms with van der Waals surface area (Å²) in [6.07, 6.45) is 0. The van der Waals surface area contributed by atoms with E-state index in [1.54, 1.807) is 14.2 Å². The third kappa shape index (κ3) is 2.37. The SMILES string of the molecule is COc1ccc(C(CO)C2COC2)c(OC)c1. The molecule has 0 aliphatic carbocycles. The molecule has 1 aromatic rings. The van der Waals surface area contributed by atoms with Gasteiger partial charge in [-0.2, -0.15) is 0 Å². The number of aliphatic hydroxyl groups is 1. The maximum Gasteiger partial charge on any atom is 0.126 e. The van der Waals surface area contributed by atoms with Crippen LogP contribution in [0.2, 0.25) is 0 Å². The Morgan fingerprint density at radius 2 is 2.12 bits per heavy atom. The molecule has 0 spiro atoms. The average Bonchev–Trinajstić information content (AvgIpc) is 2.32. The predicted octanol–water partition coefficient (Wildman–Crippen LogP) is 1.43. The number of benzene rings is 1. The minimum Gasteiger partial charge on any atom is -0.497 e. The first-order valence-corrected chi connectivity index (χ1v) is 5.70. The van der Waals surface area contributed by atoms with Crippen molar-refractivity contribution in [3.05, 3.63) is 23.8 Å². The summed E-state index contributed by atoms with van der Waals surface area (Å²) in [5, 5.41) is 9.52. The van der Waals surface area contributed by atoms with Gasteiger partial charge in [0.05, 0.1) is 34.0 Å². The van der Waals surface area contributed by atoms with Gasteiger partial charge in [-0.1, -0.05) is 6.07 Å². The van der Waals surface area contributed by atoms with Crippen LogP contribution in [0.15, 0.2) is 18.2 Å². The van der Waals surface area contributed by atoms with E-state index in [0.717, 1.165) is 17.1 Å². The van der Waals surface area contributed by atoms with Crippen molar-refractivity contribution in [1.29, 1.82) is 0 Å². The van der Waals surface area contributed by atoms with Gasteiger partial charge in [0.25, 0.3) is 0 Å². The minimum absolute atomic E-state index is 0.0737. The number of methoxy groups -OCH3 is 2. The fourth-order valence-electron chi connectivity index (χ4n) is 2.11. The maximum atomic E-state index is 9.52. The van der Waals surface area contributed by atoms with E-state index >= 15 is 0 Å². The quantitative estimate of drug-likeness (QED) is 0.843. The van der Waals surface area contributed by atoms with Crippen molar-refractivity contribution in [3.8, 4) is 11.5 Å². The topological polar surface area (TPSA) is 47.9 Å². The van der Waals surface area contributed by atoms with Crippen LogP contribution >= 0.6 is 0 Å². The standard InChI is InChI=1S/C13H18O4/c1-15-10-3-4-11(13(5-10)16-2)12(6-14)9-7-17-8-9/h3-5,9,12,14H,6-8H2,1-2H3. The van der Waals surface area contributed by atoms with Crippen molar-refractivity contribution < 1.29 is 19.3 Å². The van der Waals surface area contributed by atoms with E-state index in [-0.39, 0.29) is 12.5 Å². The molecule has 0 amide bonds. The minimum atomic E-state index is 0.0737. The first-order chi connectivity index (χ1) is 8.30. The van der Waals surface area contributed by atoms with Crippen molar-refractivity contribution >= 4 is 0 Å². The van der Waals surface area contributed by atoms with Gasteiger partial charge in [-0.25, -0.2) is 0 Å². The summed E-state index contributed by atoms with van der Waals surface area (Å²) in [6.45, 7) is 1.53. The van der Waals surface area contributed by atoms with E-state index in [1.165, 1.54) is 0 Å². The summed E-state index contributed by atoms with van der Waals surface area (Å²) in [5.41, 5.74) is 1.02. The molecular weight excluding hydrogens is 220 g/mol. The van der Waals surface area contributed by atoms with E-state index in [4.69, 9.17) is 14.2 Å². The Balaban J connectivity index is 2.28. The van der Waals surface area contributed by atoms with Crippen molar-refractivity contribution in [2.45, 2.75) is 5.92 Å². The van der Waals surface area contributed by atoms with Crippen LogP contribution in [-0.2, 0) is 4.74 Å². The third-order valence-corrected chi connectivity index (χ3v) is 3.27. The van der Waals surface area contributed by atoms with Gasteiger partial charge in [0.2, 0.25) is 0 Å². The van der Waals surface area contributed by atoms with Crippen LogP contribution in [0.25, 0.3) is 0 Å². The fraction of sp³-hybridized carbons (Fsp3) is 0.538. The molecule has 2 rings (SSSR count). The van der Waals surface area contributed by atoms with E-state index in [9.17, 15) is 5.11 Å². The number of ether oxygens (including phenoxy) is 3. The monoisotopic (exact) mass is 238 g/mol. The molecule has 94 valence electrons. The highest BCUT2D eigenvalue weighted by molar-refractivity contribution is 5.43. The average molecular weight is 238 g/mol. The molecule has 0 radical (unpaired) electrons. The smallest absolute Gasteiger partial charge is 0.126 e. The van der Waals surface area contributed by atoms with Crippen molar-refractivity contribution in [3.63, 3.8) is 0 Å². The zero-order valence-electron chi connectivity index (χ0n) is 10.2. The van der Waals surface area contributed by atoms with Crippen molar-refractivity contribution in [1.82, 2.24) is 0 Å². The van der Waals surface area contributed by atoms with Crippen LogP contribution in [0.3, 0.4) is 0 Å². The Morgan fingerprint density at radius 1 is 1.35 bits per heavy atom. The lowest BCUT2D eigenvalue weighted by atomic mass is 9.85. The van der Waals surface area contributed by atoms with Crippen LogP contribution in [0.1, 0.15) is 11.5 Å². The second-order valence-electron chi connectivity index (χ2n) is 4.19. The number of rotatable bonds is 5. The number of hydrogen-bond acceptors (Lipinski definition) is 4. The zero-order chi connectivity index (χ0) is 12.3. The summed E-state index contributed by atoms with van der Waals surface area (Å²) < 4.78 is 15.7. The summed E-state index contributed by atoms with van der Waals surface area (Å²) in [6, 6.07) is 5.69. The van der Waals surface area contributed by atoms with Crippen LogP contribution in [0, 0.1) is 5.92 Å². The van der Waals surface area contributed by atoms with E-state index in [2.05, 4.69) is 0 Å². The summed E-state index contributed by atoms with van der Waals surface area (Å²) >= 11 is 0. The van der Waals surface area contributed by atoms with E-state index in [1.807, 2.05) is 18.2 Å². The van der Waals surface area contributed by atoms with Crippen LogP contribution in [-0.4, -0.2) is 39.1 Å². The van der Waals surface area contributed by atoms with E-state index in [0.29, 0.717) is 19.1 Å². The first-order valence-electron chi connectivity index (χ1n) is 5.70. The summed E-state index contributed by atoms with van der Waals surface area (Å²) in [7, 11) is 3.25. The lowest BCUT2D eigenvalue weighted by Crippen LogP contribution is -2.34. The molecule has 1 unspecified atom stereocenters. The van der Waals surface area contributed by atoms with Gasteiger partial charge >= 0.3 is 0 Å². The van der Waals surface area contributed by atoms with Crippen LogP contribution < -0.4 is 9.47 Å². The fourth-order valence-corrected chi connectivity index (χ4v) is 2.11. The molecule has 1 saturated heterocycles. The second kappa shape index (κ2) is 5.38. The molecule has 0 bridgehead atoms. The zero-order valence-corrected chi connectivity index (χ0v) is 10.2. The largest absolute Gasteiger partial charge is 0.497 e. The highest BCUT2D eigenvalue weighted by atomic mass is 16.5. The predicted molar refractivity (Wildman–Crippen MR) is 63.7 cm³/mol. The molecule has 1 N–H and O–H groups in total. The van der Waals surface area contributed by atoms with Gasteiger partial charge in [-0.15, -0.1) is 0 Å². The molecule has 1 fully saturated rings. The Labute approximate surface area is 101 Å². The van der Waals surface area contributed by atoms with Gasteiger partial charge in [0.15, 0.2) is 0 Å². The molecule has 1 aliphatic rings.